The fraction of sp³-hybridized carbons (Fsp3) is 0.214. The Morgan fingerprint density at radius 2 is 2.00 bits per heavy atom. The van der Waals surface area contributed by atoms with Gasteiger partial charge in [0.05, 0.1) is 20.8 Å². The minimum Gasteiger partial charge on any atom is -0.496 e. The molecule has 1 aromatic carbocycles. The van der Waals surface area contributed by atoms with Crippen molar-refractivity contribution in [2.24, 2.45) is 0 Å². The average molecular weight is 245 g/mol. The van der Waals surface area contributed by atoms with E-state index in [1.165, 1.54) is 0 Å². The Morgan fingerprint density at radius 1 is 1.17 bits per heavy atom. The lowest BCUT2D eigenvalue weighted by Gasteiger charge is -2.11. The molecule has 1 heterocycles. The summed E-state index contributed by atoms with van der Waals surface area (Å²) < 4.78 is 10.4. The van der Waals surface area contributed by atoms with E-state index >= 15 is 0 Å². The van der Waals surface area contributed by atoms with E-state index in [9.17, 15) is 5.11 Å². The Balaban J connectivity index is 2.51. The predicted molar refractivity (Wildman–Crippen MR) is 68.7 cm³/mol. The number of hydrogen-bond acceptors (Lipinski definition) is 4. The van der Waals surface area contributed by atoms with Gasteiger partial charge in [0, 0.05) is 17.3 Å². The standard InChI is InChI=1S/C14H15NO3/c1-17-13-6-5-10(8-11(13)9-16)12-4-3-7-15-14(12)18-2/h3-8,16H,9H2,1-2H3. The van der Waals surface area contributed by atoms with Gasteiger partial charge in [0.1, 0.15) is 5.75 Å². The second kappa shape index (κ2) is 5.51. The number of aliphatic hydroxyl groups is 1. The predicted octanol–water partition coefficient (Wildman–Crippen LogP) is 2.26. The maximum atomic E-state index is 9.32. The van der Waals surface area contributed by atoms with E-state index in [0.717, 1.165) is 16.7 Å². The Kier molecular flexibility index (Phi) is 3.79. The Morgan fingerprint density at radius 3 is 2.67 bits per heavy atom. The maximum absolute atomic E-state index is 9.32. The number of rotatable bonds is 4. The first-order valence-electron chi connectivity index (χ1n) is 5.57. The number of benzene rings is 1. The van der Waals surface area contributed by atoms with Crippen LogP contribution in [0.3, 0.4) is 0 Å². The quantitative estimate of drug-likeness (QED) is 0.897. The number of pyridine rings is 1. The van der Waals surface area contributed by atoms with Crippen molar-refractivity contribution in [2.75, 3.05) is 14.2 Å². The highest BCUT2D eigenvalue weighted by Crippen LogP contribution is 2.31. The molecule has 4 nitrogen and oxygen atoms in total. The summed E-state index contributed by atoms with van der Waals surface area (Å²) in [6.45, 7) is -0.0699. The molecule has 0 saturated heterocycles. The molecule has 0 spiro atoms. The van der Waals surface area contributed by atoms with E-state index in [0.29, 0.717) is 11.6 Å². The van der Waals surface area contributed by atoms with Gasteiger partial charge in [0.15, 0.2) is 0 Å². The maximum Gasteiger partial charge on any atom is 0.221 e. The van der Waals surface area contributed by atoms with Crippen LogP contribution in [0.4, 0.5) is 0 Å². The van der Waals surface area contributed by atoms with Crippen molar-refractivity contribution in [3.63, 3.8) is 0 Å². The van der Waals surface area contributed by atoms with Gasteiger partial charge in [-0.2, -0.15) is 0 Å². The molecule has 0 fully saturated rings. The van der Waals surface area contributed by atoms with Gasteiger partial charge in [0.25, 0.3) is 0 Å². The summed E-state index contributed by atoms with van der Waals surface area (Å²) in [6, 6.07) is 9.39. The minimum atomic E-state index is -0.0699. The van der Waals surface area contributed by atoms with Crippen LogP contribution in [0.5, 0.6) is 11.6 Å². The molecule has 0 unspecified atom stereocenters. The molecule has 94 valence electrons. The Bertz CT molecular complexity index is 540. The molecule has 2 rings (SSSR count). The van der Waals surface area contributed by atoms with Gasteiger partial charge in [-0.3, -0.25) is 0 Å². The highest BCUT2D eigenvalue weighted by Gasteiger charge is 2.09. The fourth-order valence-electron chi connectivity index (χ4n) is 1.84. The third-order valence-electron chi connectivity index (χ3n) is 2.73. The number of ether oxygens (including phenoxy) is 2. The summed E-state index contributed by atoms with van der Waals surface area (Å²) in [6.07, 6.45) is 1.68. The molecular weight excluding hydrogens is 230 g/mol. The van der Waals surface area contributed by atoms with Crippen LogP contribution in [-0.4, -0.2) is 24.3 Å². The van der Waals surface area contributed by atoms with Crippen LogP contribution < -0.4 is 9.47 Å². The van der Waals surface area contributed by atoms with Crippen LogP contribution in [-0.2, 0) is 6.61 Å². The molecule has 0 aliphatic rings. The summed E-state index contributed by atoms with van der Waals surface area (Å²) in [7, 11) is 3.17. The molecule has 0 aliphatic heterocycles. The molecule has 1 aromatic heterocycles. The first-order valence-corrected chi connectivity index (χ1v) is 5.57. The summed E-state index contributed by atoms with van der Waals surface area (Å²) in [5, 5.41) is 9.32. The lowest BCUT2D eigenvalue weighted by molar-refractivity contribution is 0.274. The summed E-state index contributed by atoms with van der Waals surface area (Å²) in [5.41, 5.74) is 2.56. The van der Waals surface area contributed by atoms with E-state index in [1.54, 1.807) is 20.4 Å². The molecule has 18 heavy (non-hydrogen) atoms. The van der Waals surface area contributed by atoms with E-state index in [4.69, 9.17) is 9.47 Å². The number of aliphatic hydroxyl groups excluding tert-OH is 1. The van der Waals surface area contributed by atoms with Gasteiger partial charge in [-0.05, 0) is 29.8 Å². The van der Waals surface area contributed by atoms with Gasteiger partial charge >= 0.3 is 0 Å². The lowest BCUT2D eigenvalue weighted by atomic mass is 10.0. The second-order valence-electron chi connectivity index (χ2n) is 3.74. The smallest absolute Gasteiger partial charge is 0.221 e. The number of aromatic nitrogens is 1. The normalized spacial score (nSPS) is 10.2. The number of methoxy groups -OCH3 is 2. The highest BCUT2D eigenvalue weighted by molar-refractivity contribution is 5.70. The van der Waals surface area contributed by atoms with Crippen LogP contribution in [0.15, 0.2) is 36.5 Å². The topological polar surface area (TPSA) is 51.6 Å². The largest absolute Gasteiger partial charge is 0.496 e. The zero-order valence-corrected chi connectivity index (χ0v) is 10.4. The van der Waals surface area contributed by atoms with Crippen molar-refractivity contribution >= 4 is 0 Å². The lowest BCUT2D eigenvalue weighted by Crippen LogP contribution is -1.94. The van der Waals surface area contributed by atoms with Crippen molar-refractivity contribution in [2.45, 2.75) is 6.61 Å². The molecular formula is C14H15NO3. The molecule has 0 bridgehead atoms. The summed E-state index contributed by atoms with van der Waals surface area (Å²) >= 11 is 0. The van der Waals surface area contributed by atoms with Gasteiger partial charge in [-0.1, -0.05) is 6.07 Å². The molecule has 4 heteroatoms. The van der Waals surface area contributed by atoms with Crippen molar-refractivity contribution in [3.05, 3.63) is 42.1 Å². The summed E-state index contributed by atoms with van der Waals surface area (Å²) in [5.74, 6) is 1.23. The van der Waals surface area contributed by atoms with Gasteiger partial charge in [0.2, 0.25) is 5.88 Å². The van der Waals surface area contributed by atoms with Gasteiger partial charge in [-0.15, -0.1) is 0 Å². The minimum absolute atomic E-state index is 0.0699. The molecule has 0 atom stereocenters. The van der Waals surface area contributed by atoms with Crippen molar-refractivity contribution in [1.82, 2.24) is 4.98 Å². The Hall–Kier alpha value is -2.07. The third-order valence-corrected chi connectivity index (χ3v) is 2.73. The van der Waals surface area contributed by atoms with Crippen LogP contribution in [0, 0.1) is 0 Å². The van der Waals surface area contributed by atoms with Crippen molar-refractivity contribution < 1.29 is 14.6 Å². The van der Waals surface area contributed by atoms with Gasteiger partial charge < -0.3 is 14.6 Å². The average Bonchev–Trinajstić information content (AvgIpc) is 2.46. The number of nitrogens with zero attached hydrogens (tertiary/aromatic N) is 1. The fourth-order valence-corrected chi connectivity index (χ4v) is 1.84. The van der Waals surface area contributed by atoms with Crippen LogP contribution >= 0.6 is 0 Å². The molecule has 0 aliphatic carbocycles. The molecule has 0 amide bonds. The molecule has 0 radical (unpaired) electrons. The number of hydrogen-bond donors (Lipinski definition) is 1. The van der Waals surface area contributed by atoms with Gasteiger partial charge in [-0.25, -0.2) is 4.98 Å². The third kappa shape index (κ3) is 2.28. The van der Waals surface area contributed by atoms with E-state index in [-0.39, 0.29) is 6.61 Å². The highest BCUT2D eigenvalue weighted by atomic mass is 16.5. The monoisotopic (exact) mass is 245 g/mol. The van der Waals surface area contributed by atoms with Crippen molar-refractivity contribution in [1.29, 1.82) is 0 Å². The second-order valence-corrected chi connectivity index (χ2v) is 3.74. The van der Waals surface area contributed by atoms with Crippen LogP contribution in [0.25, 0.3) is 11.1 Å². The molecule has 0 saturated carbocycles. The van der Waals surface area contributed by atoms with Crippen LogP contribution in [0.2, 0.25) is 0 Å². The Labute approximate surface area is 106 Å². The molecule has 1 N–H and O–H groups in total. The summed E-state index contributed by atoms with van der Waals surface area (Å²) in [4.78, 5) is 4.16. The first-order chi connectivity index (χ1) is 8.80. The van der Waals surface area contributed by atoms with Crippen molar-refractivity contribution in [3.8, 4) is 22.8 Å². The zero-order chi connectivity index (χ0) is 13.0. The van der Waals surface area contributed by atoms with E-state index in [2.05, 4.69) is 4.98 Å². The SMILES string of the molecule is COc1ccc(-c2cccnc2OC)cc1CO. The van der Waals surface area contributed by atoms with E-state index < -0.39 is 0 Å². The zero-order valence-electron chi connectivity index (χ0n) is 10.4. The van der Waals surface area contributed by atoms with Crippen LogP contribution in [0.1, 0.15) is 5.56 Å². The first kappa shape index (κ1) is 12.4. The van der Waals surface area contributed by atoms with E-state index in [1.807, 2.05) is 30.3 Å². The molecule has 2 aromatic rings.